The molecule has 4 heterocycles. The number of rotatable bonds is 2. The minimum atomic E-state index is -4.08. The van der Waals surface area contributed by atoms with Crippen molar-refractivity contribution in [1.29, 1.82) is 0 Å². The summed E-state index contributed by atoms with van der Waals surface area (Å²) in [6.07, 6.45) is 0. The van der Waals surface area contributed by atoms with E-state index in [9.17, 15) is 41.5 Å². The Balaban J connectivity index is 1.27. The summed E-state index contributed by atoms with van der Waals surface area (Å²) in [5.74, 6) is -15.0. The predicted octanol–water partition coefficient (Wildman–Crippen LogP) is 5.30. The molecule has 36 heavy (non-hydrogen) atoms. The predicted molar refractivity (Wildman–Crippen MR) is 120 cm³/mol. The van der Waals surface area contributed by atoms with Gasteiger partial charge in [0.25, 0.3) is 11.6 Å². The summed E-state index contributed by atoms with van der Waals surface area (Å²) in [6.45, 7) is 0. The number of carbonyl (C=O) groups excluding carboxylic acids is 5. The fourth-order valence-corrected chi connectivity index (χ4v) is 8.68. The van der Waals surface area contributed by atoms with Gasteiger partial charge in [0, 0.05) is 11.1 Å². The van der Waals surface area contributed by atoms with E-state index in [-0.39, 0.29) is 52.0 Å². The second-order valence-electron chi connectivity index (χ2n) is 7.89. The SMILES string of the molecule is O=C1c2nc(-c3cc4c(s3)C(=O)C(F)(F)C4=O)sc2-c2sc(-c3cc4c(s3)C(=O)C(F)(F)C4=O)nc21. The number of aromatic nitrogens is 2. The first-order valence-corrected chi connectivity index (χ1v) is 13.0. The summed E-state index contributed by atoms with van der Waals surface area (Å²) in [6, 6.07) is 2.32. The molecule has 0 fully saturated rings. The Labute approximate surface area is 211 Å². The normalized spacial score (nSPS) is 18.7. The number of ketones is 5. The van der Waals surface area contributed by atoms with Crippen molar-refractivity contribution in [3.05, 3.63) is 44.4 Å². The third-order valence-corrected chi connectivity index (χ3v) is 10.7. The Kier molecular flexibility index (Phi) is 3.99. The highest BCUT2D eigenvalue weighted by molar-refractivity contribution is 7.29. The van der Waals surface area contributed by atoms with Crippen LogP contribution in [0.4, 0.5) is 17.6 Å². The maximum absolute atomic E-state index is 13.7. The Bertz CT molecular complexity index is 1610. The van der Waals surface area contributed by atoms with Crippen LogP contribution >= 0.6 is 45.3 Å². The van der Waals surface area contributed by atoms with Crippen LogP contribution in [0.15, 0.2) is 12.1 Å². The smallest absolute Gasteiger partial charge is 0.287 e. The second-order valence-corrected chi connectivity index (χ2v) is 12.0. The van der Waals surface area contributed by atoms with Gasteiger partial charge in [0.05, 0.1) is 29.3 Å². The summed E-state index contributed by atoms with van der Waals surface area (Å²) >= 11 is 3.49. The summed E-state index contributed by atoms with van der Waals surface area (Å²) in [4.78, 5) is 69.7. The topological polar surface area (TPSA) is 111 Å². The standard InChI is InChI=1S/C21H2F4N2O5S4/c22-20(23)14(29)3-1-5(33-10(3)16(20)31)18-26-7-9(28)8-13(12(7)35-18)36-19(27-8)6-2-4-11(34-6)17(32)21(24,25)15(4)30/h1-2H. The molecule has 0 bridgehead atoms. The molecule has 3 aliphatic rings. The average Bonchev–Trinajstić information content (AvgIpc) is 3.66. The third-order valence-electron chi connectivity index (χ3n) is 5.82. The number of thiazole rings is 2. The molecule has 0 saturated carbocycles. The van der Waals surface area contributed by atoms with Crippen LogP contribution < -0.4 is 0 Å². The van der Waals surface area contributed by atoms with E-state index in [0.717, 1.165) is 34.8 Å². The molecule has 15 heteroatoms. The maximum atomic E-state index is 13.7. The summed E-state index contributed by atoms with van der Waals surface area (Å²) in [5, 5.41) is 0.511. The molecule has 7 rings (SSSR count). The lowest BCUT2D eigenvalue weighted by Gasteiger charge is -2.02. The van der Waals surface area contributed by atoms with Crippen LogP contribution in [0.5, 0.6) is 0 Å². The minimum Gasteiger partial charge on any atom is -0.287 e. The van der Waals surface area contributed by atoms with Crippen LogP contribution in [0, 0.1) is 0 Å². The number of nitrogens with zero attached hydrogens (tertiary/aromatic N) is 2. The summed E-state index contributed by atoms with van der Waals surface area (Å²) in [7, 11) is 0. The van der Waals surface area contributed by atoms with Gasteiger partial charge in [-0.3, -0.25) is 24.0 Å². The van der Waals surface area contributed by atoms with Crippen molar-refractivity contribution in [2.45, 2.75) is 11.8 Å². The van der Waals surface area contributed by atoms with Crippen molar-refractivity contribution in [2.24, 2.45) is 0 Å². The molecular weight excluding hydrogens is 565 g/mol. The Hall–Kier alpha value is -3.27. The van der Waals surface area contributed by atoms with Gasteiger partial charge in [-0.25, -0.2) is 9.97 Å². The number of thiophene rings is 2. The highest BCUT2D eigenvalue weighted by Crippen LogP contribution is 2.51. The molecule has 0 saturated heterocycles. The fourth-order valence-electron chi connectivity index (χ4n) is 4.08. The lowest BCUT2D eigenvalue weighted by molar-refractivity contribution is 0.0187. The van der Waals surface area contributed by atoms with Crippen LogP contribution in [0.3, 0.4) is 0 Å². The van der Waals surface area contributed by atoms with Gasteiger partial charge in [-0.2, -0.15) is 17.6 Å². The van der Waals surface area contributed by atoms with E-state index in [0.29, 0.717) is 32.4 Å². The van der Waals surface area contributed by atoms with E-state index in [4.69, 9.17) is 0 Å². The van der Waals surface area contributed by atoms with Crippen molar-refractivity contribution in [2.75, 3.05) is 0 Å². The van der Waals surface area contributed by atoms with E-state index < -0.39 is 40.8 Å². The number of Topliss-reactive ketones (excluding diaryl/α,β-unsaturated/α-hetero) is 4. The Morgan fingerprint density at radius 3 is 1.31 bits per heavy atom. The zero-order valence-electron chi connectivity index (χ0n) is 16.7. The van der Waals surface area contributed by atoms with Gasteiger partial charge in [-0.15, -0.1) is 45.3 Å². The molecule has 0 atom stereocenters. The van der Waals surface area contributed by atoms with Crippen LogP contribution in [-0.4, -0.2) is 50.7 Å². The number of fused-ring (bicyclic) bond motifs is 5. The highest BCUT2D eigenvalue weighted by Gasteiger charge is 2.57. The first-order chi connectivity index (χ1) is 16.9. The van der Waals surface area contributed by atoms with Crippen molar-refractivity contribution in [3.63, 3.8) is 0 Å². The van der Waals surface area contributed by atoms with E-state index in [1.807, 2.05) is 0 Å². The molecule has 0 aromatic carbocycles. The van der Waals surface area contributed by atoms with E-state index in [2.05, 4.69) is 9.97 Å². The van der Waals surface area contributed by atoms with Crippen molar-refractivity contribution >= 4 is 74.3 Å². The molecule has 0 unspecified atom stereocenters. The molecule has 0 N–H and O–H groups in total. The lowest BCUT2D eigenvalue weighted by Crippen LogP contribution is -2.30. The van der Waals surface area contributed by atoms with E-state index >= 15 is 0 Å². The molecule has 7 nitrogen and oxygen atoms in total. The molecular formula is C21H2F4N2O5S4. The molecule has 0 spiro atoms. The zero-order valence-corrected chi connectivity index (χ0v) is 20.0. The molecule has 0 radical (unpaired) electrons. The first kappa shape index (κ1) is 22.0. The molecule has 4 aromatic heterocycles. The van der Waals surface area contributed by atoms with Gasteiger partial charge in [-0.05, 0) is 12.1 Å². The second kappa shape index (κ2) is 6.53. The quantitative estimate of drug-likeness (QED) is 0.211. The van der Waals surface area contributed by atoms with Crippen LogP contribution in [0.1, 0.15) is 56.2 Å². The van der Waals surface area contributed by atoms with Crippen molar-refractivity contribution in [1.82, 2.24) is 9.97 Å². The van der Waals surface area contributed by atoms with Crippen LogP contribution in [-0.2, 0) is 0 Å². The largest absolute Gasteiger partial charge is 0.372 e. The average molecular weight is 567 g/mol. The number of hydrogen-bond donors (Lipinski definition) is 0. The molecule has 0 amide bonds. The molecule has 3 aliphatic carbocycles. The van der Waals surface area contributed by atoms with E-state index in [1.54, 1.807) is 0 Å². The maximum Gasteiger partial charge on any atom is 0.372 e. The van der Waals surface area contributed by atoms with Crippen molar-refractivity contribution in [3.8, 4) is 29.5 Å². The molecule has 0 aliphatic heterocycles. The summed E-state index contributed by atoms with van der Waals surface area (Å²) in [5.41, 5.74) is -0.614. The van der Waals surface area contributed by atoms with Gasteiger partial charge in [0.2, 0.25) is 17.3 Å². The van der Waals surface area contributed by atoms with Crippen LogP contribution in [0.25, 0.3) is 29.5 Å². The third kappa shape index (κ3) is 2.48. The van der Waals surface area contributed by atoms with Gasteiger partial charge in [0.1, 0.15) is 21.4 Å². The molecule has 178 valence electrons. The number of carbonyl (C=O) groups is 5. The lowest BCUT2D eigenvalue weighted by atomic mass is 10.2. The number of alkyl halides is 4. The highest BCUT2D eigenvalue weighted by atomic mass is 32.1. The fraction of sp³-hybridized carbons (Fsp3) is 0.0952. The van der Waals surface area contributed by atoms with Gasteiger partial charge < -0.3 is 0 Å². The monoisotopic (exact) mass is 566 g/mol. The molecule has 4 aromatic rings. The Morgan fingerprint density at radius 2 is 0.944 bits per heavy atom. The zero-order chi connectivity index (χ0) is 25.5. The van der Waals surface area contributed by atoms with E-state index in [1.165, 1.54) is 0 Å². The van der Waals surface area contributed by atoms with Crippen LogP contribution in [0.2, 0.25) is 0 Å². The number of hydrogen-bond acceptors (Lipinski definition) is 11. The minimum absolute atomic E-state index is 0.0746. The Morgan fingerprint density at radius 1 is 0.556 bits per heavy atom. The van der Waals surface area contributed by atoms with Gasteiger partial charge >= 0.3 is 11.8 Å². The van der Waals surface area contributed by atoms with Gasteiger partial charge in [0.15, 0.2) is 0 Å². The first-order valence-electron chi connectivity index (χ1n) is 9.71. The summed E-state index contributed by atoms with van der Waals surface area (Å²) < 4.78 is 54.7. The van der Waals surface area contributed by atoms with Crippen molar-refractivity contribution < 1.29 is 41.5 Å². The van der Waals surface area contributed by atoms with Gasteiger partial charge in [-0.1, -0.05) is 0 Å². The number of halogens is 4.